The van der Waals surface area contributed by atoms with Crippen molar-refractivity contribution in [2.45, 2.75) is 19.8 Å². The van der Waals surface area contributed by atoms with Crippen LogP contribution >= 0.6 is 0 Å². The second-order valence-electron chi connectivity index (χ2n) is 5.81. The molecule has 0 amide bonds. The molecule has 1 unspecified atom stereocenters. The number of halogens is 1. The van der Waals surface area contributed by atoms with Gasteiger partial charge in [0, 0.05) is 11.5 Å². The Hall–Kier alpha value is -2.69. The molecule has 124 valence electrons. The Balaban J connectivity index is 1.85. The first-order valence-electron chi connectivity index (χ1n) is 7.81. The van der Waals surface area contributed by atoms with Crippen molar-refractivity contribution in [3.05, 3.63) is 53.3 Å². The highest BCUT2D eigenvalue weighted by molar-refractivity contribution is 6.04. The first kappa shape index (κ1) is 16.2. The summed E-state index contributed by atoms with van der Waals surface area (Å²) in [6.45, 7) is 2.02. The maximum Gasteiger partial charge on any atom is 0.306 e. The van der Waals surface area contributed by atoms with Crippen molar-refractivity contribution in [1.29, 1.82) is 0 Å². The fourth-order valence-electron chi connectivity index (χ4n) is 3.03. The number of ether oxygens (including phenoxy) is 1. The van der Waals surface area contributed by atoms with Gasteiger partial charge in [-0.05, 0) is 42.2 Å². The van der Waals surface area contributed by atoms with E-state index in [4.69, 9.17) is 4.74 Å². The molecule has 0 bridgehead atoms. The van der Waals surface area contributed by atoms with Crippen molar-refractivity contribution in [1.82, 2.24) is 0 Å². The molecule has 0 radical (unpaired) electrons. The zero-order valence-electron chi connectivity index (χ0n) is 13.2. The molecule has 2 aromatic rings. The van der Waals surface area contributed by atoms with Gasteiger partial charge in [-0.1, -0.05) is 24.3 Å². The number of carbonyl (C=O) groups excluding carboxylic acids is 2. The van der Waals surface area contributed by atoms with Crippen molar-refractivity contribution < 1.29 is 23.8 Å². The summed E-state index contributed by atoms with van der Waals surface area (Å²) in [5, 5.41) is 9.28. The SMILES string of the molecule is CCOC(=O)CC1Cc2cc(-c3ccc(O)c(F)c3)ccc2C1=O. The van der Waals surface area contributed by atoms with E-state index in [0.717, 1.165) is 11.1 Å². The minimum absolute atomic E-state index is 0.0542. The van der Waals surface area contributed by atoms with Gasteiger partial charge in [-0.3, -0.25) is 9.59 Å². The topological polar surface area (TPSA) is 63.6 Å². The summed E-state index contributed by atoms with van der Waals surface area (Å²) in [7, 11) is 0. The van der Waals surface area contributed by atoms with E-state index in [1.165, 1.54) is 12.1 Å². The van der Waals surface area contributed by atoms with Gasteiger partial charge in [0.05, 0.1) is 13.0 Å². The predicted octanol–water partition coefficient (Wildman–Crippen LogP) is 3.51. The van der Waals surface area contributed by atoms with Gasteiger partial charge in [-0.2, -0.15) is 0 Å². The highest BCUT2D eigenvalue weighted by Crippen LogP contribution is 2.33. The normalized spacial score (nSPS) is 16.1. The van der Waals surface area contributed by atoms with E-state index in [1.807, 2.05) is 6.07 Å². The van der Waals surface area contributed by atoms with Crippen LogP contribution in [0.15, 0.2) is 36.4 Å². The van der Waals surface area contributed by atoms with E-state index in [2.05, 4.69) is 0 Å². The molecule has 1 N–H and O–H groups in total. The van der Waals surface area contributed by atoms with E-state index < -0.39 is 17.5 Å². The van der Waals surface area contributed by atoms with Gasteiger partial charge in [-0.15, -0.1) is 0 Å². The van der Waals surface area contributed by atoms with Crippen LogP contribution in [0.1, 0.15) is 29.3 Å². The summed E-state index contributed by atoms with van der Waals surface area (Å²) in [4.78, 5) is 24.0. The molecular formula is C19H17FO4. The Morgan fingerprint density at radius 2 is 1.96 bits per heavy atom. The molecule has 1 aliphatic carbocycles. The summed E-state index contributed by atoms with van der Waals surface area (Å²) in [5.74, 6) is -1.91. The number of fused-ring (bicyclic) bond motifs is 1. The zero-order valence-corrected chi connectivity index (χ0v) is 13.2. The third kappa shape index (κ3) is 3.02. The lowest BCUT2D eigenvalue weighted by atomic mass is 10.0. The average Bonchev–Trinajstić information content (AvgIpc) is 2.86. The molecule has 0 aliphatic heterocycles. The fourth-order valence-corrected chi connectivity index (χ4v) is 3.03. The standard InChI is InChI=1S/C19H17FO4/c1-2-24-18(22)10-14-8-13-7-11(3-5-15(13)19(14)23)12-4-6-17(21)16(20)9-12/h3-7,9,14,21H,2,8,10H2,1H3. The second kappa shape index (κ2) is 6.43. The number of benzene rings is 2. The quantitative estimate of drug-likeness (QED) is 0.873. The van der Waals surface area contributed by atoms with Gasteiger partial charge in [0.2, 0.25) is 0 Å². The van der Waals surface area contributed by atoms with Gasteiger partial charge in [0.1, 0.15) is 0 Å². The predicted molar refractivity (Wildman–Crippen MR) is 86.3 cm³/mol. The molecule has 0 saturated heterocycles. The molecule has 0 spiro atoms. The summed E-state index contributed by atoms with van der Waals surface area (Å²) in [6.07, 6.45) is 0.548. The van der Waals surface area contributed by atoms with E-state index in [9.17, 15) is 19.1 Å². The van der Waals surface area contributed by atoms with Crippen LogP contribution in [0.25, 0.3) is 11.1 Å². The summed E-state index contributed by atoms with van der Waals surface area (Å²) < 4.78 is 18.4. The number of rotatable bonds is 4. The van der Waals surface area contributed by atoms with Crippen molar-refractivity contribution in [2.24, 2.45) is 5.92 Å². The smallest absolute Gasteiger partial charge is 0.306 e. The van der Waals surface area contributed by atoms with Crippen molar-refractivity contribution in [3.8, 4) is 16.9 Å². The lowest BCUT2D eigenvalue weighted by Crippen LogP contribution is -2.16. The maximum absolute atomic E-state index is 13.5. The Bertz CT molecular complexity index is 813. The molecule has 3 rings (SSSR count). The first-order valence-corrected chi connectivity index (χ1v) is 7.81. The number of ketones is 1. The molecule has 0 saturated carbocycles. The number of phenolic OH excluding ortho intramolecular Hbond substituents is 1. The molecule has 4 nitrogen and oxygen atoms in total. The van der Waals surface area contributed by atoms with Crippen molar-refractivity contribution in [2.75, 3.05) is 6.61 Å². The molecular weight excluding hydrogens is 311 g/mol. The van der Waals surface area contributed by atoms with Crippen LogP contribution in [-0.4, -0.2) is 23.5 Å². The van der Waals surface area contributed by atoms with Gasteiger partial charge in [0.15, 0.2) is 17.3 Å². The summed E-state index contributed by atoms with van der Waals surface area (Å²) >= 11 is 0. The molecule has 0 aromatic heterocycles. The fraction of sp³-hybridized carbons (Fsp3) is 0.263. The third-order valence-corrected chi connectivity index (χ3v) is 4.21. The Labute approximate surface area is 138 Å². The lowest BCUT2D eigenvalue weighted by Gasteiger charge is -2.06. The Morgan fingerprint density at radius 1 is 1.25 bits per heavy atom. The number of phenols is 1. The minimum Gasteiger partial charge on any atom is -0.505 e. The molecule has 1 aliphatic rings. The van der Waals surface area contributed by atoms with Crippen LogP contribution < -0.4 is 0 Å². The third-order valence-electron chi connectivity index (χ3n) is 4.21. The van der Waals surface area contributed by atoms with Crippen LogP contribution in [0.4, 0.5) is 4.39 Å². The Morgan fingerprint density at radius 3 is 2.67 bits per heavy atom. The Kier molecular flexibility index (Phi) is 4.34. The summed E-state index contributed by atoms with van der Waals surface area (Å²) in [6, 6.07) is 9.46. The highest BCUT2D eigenvalue weighted by Gasteiger charge is 2.32. The monoisotopic (exact) mass is 328 g/mol. The van der Waals surface area contributed by atoms with Crippen LogP contribution in [0.5, 0.6) is 5.75 Å². The first-order chi connectivity index (χ1) is 11.5. The van der Waals surface area contributed by atoms with Gasteiger partial charge >= 0.3 is 5.97 Å². The molecule has 0 fully saturated rings. The van der Waals surface area contributed by atoms with Gasteiger partial charge < -0.3 is 9.84 Å². The number of Topliss-reactive ketones (excluding diaryl/α,β-unsaturated/α-hetero) is 1. The van der Waals surface area contributed by atoms with Crippen LogP contribution in [0.3, 0.4) is 0 Å². The molecule has 1 atom stereocenters. The molecule has 2 aromatic carbocycles. The van der Waals surface area contributed by atoms with Crippen LogP contribution in [0, 0.1) is 11.7 Å². The van der Waals surface area contributed by atoms with E-state index >= 15 is 0 Å². The van der Waals surface area contributed by atoms with E-state index in [1.54, 1.807) is 25.1 Å². The number of hydrogen-bond acceptors (Lipinski definition) is 4. The highest BCUT2D eigenvalue weighted by atomic mass is 19.1. The summed E-state index contributed by atoms with van der Waals surface area (Å²) in [5.41, 5.74) is 2.83. The van der Waals surface area contributed by atoms with Gasteiger partial charge in [0.25, 0.3) is 0 Å². The number of carbonyl (C=O) groups is 2. The zero-order chi connectivity index (χ0) is 17.3. The van der Waals surface area contributed by atoms with E-state index in [0.29, 0.717) is 24.2 Å². The largest absolute Gasteiger partial charge is 0.505 e. The van der Waals surface area contributed by atoms with Crippen molar-refractivity contribution >= 4 is 11.8 Å². The molecule has 5 heteroatoms. The van der Waals surface area contributed by atoms with Crippen LogP contribution in [-0.2, 0) is 16.0 Å². The van der Waals surface area contributed by atoms with Crippen molar-refractivity contribution in [3.63, 3.8) is 0 Å². The van der Waals surface area contributed by atoms with E-state index in [-0.39, 0.29) is 18.2 Å². The van der Waals surface area contributed by atoms with Crippen LogP contribution in [0.2, 0.25) is 0 Å². The maximum atomic E-state index is 13.5. The molecule has 0 heterocycles. The van der Waals surface area contributed by atoms with Gasteiger partial charge in [-0.25, -0.2) is 4.39 Å². The number of esters is 1. The number of aromatic hydroxyl groups is 1. The second-order valence-corrected chi connectivity index (χ2v) is 5.81. The molecule has 24 heavy (non-hydrogen) atoms. The lowest BCUT2D eigenvalue weighted by molar-refractivity contribution is -0.143. The minimum atomic E-state index is -0.690. The number of hydrogen-bond donors (Lipinski definition) is 1. The average molecular weight is 328 g/mol.